The first kappa shape index (κ1) is 14.3. The highest BCUT2D eigenvalue weighted by Crippen LogP contribution is 2.11. The summed E-state index contributed by atoms with van der Waals surface area (Å²) < 4.78 is 9.79. The summed E-state index contributed by atoms with van der Waals surface area (Å²) in [7, 11) is 0. The highest BCUT2D eigenvalue weighted by molar-refractivity contribution is 6.63. The van der Waals surface area contributed by atoms with E-state index in [1.54, 1.807) is 36.4 Å². The lowest BCUT2D eigenvalue weighted by molar-refractivity contribution is -0.132. The van der Waals surface area contributed by atoms with Gasteiger partial charge in [-0.05, 0) is 24.3 Å². The fourth-order valence-corrected chi connectivity index (χ4v) is 1.45. The lowest BCUT2D eigenvalue weighted by Crippen LogP contribution is -2.32. The van der Waals surface area contributed by atoms with Crippen LogP contribution < -0.4 is 9.47 Å². The van der Waals surface area contributed by atoms with E-state index in [-0.39, 0.29) is 11.5 Å². The number of ether oxygens (including phenoxy) is 2. The van der Waals surface area contributed by atoms with Crippen LogP contribution >= 0.6 is 0 Å². The van der Waals surface area contributed by atoms with Crippen molar-refractivity contribution in [1.82, 2.24) is 0 Å². The molecule has 0 aromatic heterocycles. The summed E-state index contributed by atoms with van der Waals surface area (Å²) in [5.74, 6) is -1.78. The molecule has 0 radical (unpaired) electrons. The van der Waals surface area contributed by atoms with Crippen LogP contribution in [-0.2, 0) is 9.59 Å². The van der Waals surface area contributed by atoms with Gasteiger partial charge in [-0.2, -0.15) is 0 Å². The van der Waals surface area contributed by atoms with Crippen LogP contribution in [0.2, 0.25) is 0 Å². The summed E-state index contributed by atoms with van der Waals surface area (Å²) in [6.07, 6.45) is 0. The Morgan fingerprint density at radius 3 is 1.48 bits per heavy atom. The summed E-state index contributed by atoms with van der Waals surface area (Å²) in [5.41, 5.74) is -0.845. The summed E-state index contributed by atoms with van der Waals surface area (Å²) in [5, 5.41) is 11.5. The average molecular weight is 285 g/mol. The van der Waals surface area contributed by atoms with Crippen LogP contribution in [0, 0.1) is 0 Å². The molecule has 0 bridgehead atoms. The maximum atomic E-state index is 11.8. The summed E-state index contributed by atoms with van der Waals surface area (Å²) in [4.78, 5) is 23.5. The molecular weight excluding hydrogens is 274 g/mol. The molecule has 2 aromatic rings. The van der Waals surface area contributed by atoms with Crippen molar-refractivity contribution in [3.05, 3.63) is 60.7 Å². The van der Waals surface area contributed by atoms with Crippen molar-refractivity contribution in [2.45, 2.75) is 0 Å². The van der Waals surface area contributed by atoms with E-state index in [1.165, 1.54) is 24.3 Å². The van der Waals surface area contributed by atoms with Gasteiger partial charge in [0.2, 0.25) is 0 Å². The smallest absolute Gasteiger partial charge is 0.373 e. The van der Waals surface area contributed by atoms with Gasteiger partial charge in [-0.1, -0.05) is 41.6 Å². The molecule has 0 unspecified atom stereocenters. The van der Waals surface area contributed by atoms with E-state index < -0.39 is 17.7 Å². The third-order valence-corrected chi connectivity index (χ3v) is 2.39. The van der Waals surface area contributed by atoms with E-state index in [1.807, 2.05) is 0 Å². The summed E-state index contributed by atoms with van der Waals surface area (Å²) in [6, 6.07) is 16.2. The van der Waals surface area contributed by atoms with Gasteiger partial charge in [0, 0.05) is 0 Å². The van der Waals surface area contributed by atoms with E-state index in [4.69, 9.17) is 14.7 Å². The zero-order chi connectivity index (χ0) is 15.1. The predicted octanol–water partition coefficient (Wildman–Crippen LogP) is 2.03. The molecule has 0 aliphatic carbocycles. The molecule has 0 aliphatic heterocycles. The Balaban J connectivity index is 2.05. The van der Waals surface area contributed by atoms with Crippen molar-refractivity contribution in [3.8, 4) is 11.5 Å². The summed E-state index contributed by atoms with van der Waals surface area (Å²) >= 11 is 0. The van der Waals surface area contributed by atoms with Gasteiger partial charge in [0.25, 0.3) is 5.71 Å². The van der Waals surface area contributed by atoms with Crippen molar-refractivity contribution in [2.75, 3.05) is 0 Å². The van der Waals surface area contributed by atoms with Crippen molar-refractivity contribution >= 4 is 17.7 Å². The second kappa shape index (κ2) is 6.85. The molecule has 0 amide bonds. The van der Waals surface area contributed by atoms with Crippen LogP contribution in [0.15, 0.2) is 65.8 Å². The van der Waals surface area contributed by atoms with Crippen LogP contribution in [-0.4, -0.2) is 22.9 Å². The molecule has 0 spiro atoms. The maximum Gasteiger partial charge on any atom is 0.373 e. The Labute approximate surface area is 120 Å². The second-order valence-corrected chi connectivity index (χ2v) is 3.85. The lowest BCUT2D eigenvalue weighted by Gasteiger charge is -2.06. The highest BCUT2D eigenvalue weighted by atomic mass is 16.6. The third-order valence-electron chi connectivity index (χ3n) is 2.39. The normalized spacial score (nSPS) is 9.52. The molecule has 21 heavy (non-hydrogen) atoms. The maximum absolute atomic E-state index is 11.8. The molecule has 0 atom stereocenters. The first-order chi connectivity index (χ1) is 10.2. The number of rotatable bonds is 4. The van der Waals surface area contributed by atoms with Gasteiger partial charge in [-0.3, -0.25) is 0 Å². The van der Waals surface area contributed by atoms with E-state index >= 15 is 0 Å². The number of para-hydroxylation sites is 2. The van der Waals surface area contributed by atoms with Crippen LogP contribution in [0.3, 0.4) is 0 Å². The zero-order valence-electron chi connectivity index (χ0n) is 10.8. The fraction of sp³-hybridized carbons (Fsp3) is 0. The number of oxime groups is 1. The van der Waals surface area contributed by atoms with E-state index in [0.717, 1.165) is 0 Å². The number of hydrogen-bond acceptors (Lipinski definition) is 6. The number of benzene rings is 2. The second-order valence-electron chi connectivity index (χ2n) is 3.85. The molecule has 0 fully saturated rings. The minimum absolute atomic E-state index is 0.219. The SMILES string of the molecule is O=C(Oc1ccccc1)C(=NO)C(=O)Oc1ccccc1. The molecule has 0 saturated heterocycles. The molecule has 0 aliphatic rings. The van der Waals surface area contributed by atoms with Gasteiger partial charge in [-0.15, -0.1) is 0 Å². The largest absolute Gasteiger partial charge is 0.422 e. The molecular formula is C15H11NO5. The van der Waals surface area contributed by atoms with Gasteiger partial charge in [0.1, 0.15) is 11.5 Å². The van der Waals surface area contributed by atoms with Crippen molar-refractivity contribution < 1.29 is 24.3 Å². The summed E-state index contributed by atoms with van der Waals surface area (Å²) in [6.45, 7) is 0. The Bertz CT molecular complexity index is 597. The van der Waals surface area contributed by atoms with Gasteiger partial charge >= 0.3 is 11.9 Å². The Morgan fingerprint density at radius 2 is 1.14 bits per heavy atom. The molecule has 2 aromatic carbocycles. The molecule has 2 rings (SSSR count). The third kappa shape index (κ3) is 3.90. The predicted molar refractivity (Wildman–Crippen MR) is 73.4 cm³/mol. The molecule has 106 valence electrons. The minimum atomic E-state index is -1.11. The monoisotopic (exact) mass is 285 g/mol. The van der Waals surface area contributed by atoms with Crippen LogP contribution in [0.4, 0.5) is 0 Å². The minimum Gasteiger partial charge on any atom is -0.422 e. The van der Waals surface area contributed by atoms with Crippen LogP contribution in [0.1, 0.15) is 0 Å². The van der Waals surface area contributed by atoms with Crippen LogP contribution in [0.5, 0.6) is 11.5 Å². The quantitative estimate of drug-likeness (QED) is 0.232. The molecule has 1 N–H and O–H groups in total. The number of carbonyl (C=O) groups excluding carboxylic acids is 2. The topological polar surface area (TPSA) is 85.2 Å². The molecule has 6 heteroatoms. The van der Waals surface area contributed by atoms with E-state index in [9.17, 15) is 9.59 Å². The molecule has 6 nitrogen and oxygen atoms in total. The highest BCUT2D eigenvalue weighted by Gasteiger charge is 2.26. The molecule has 0 saturated carbocycles. The Kier molecular flexibility index (Phi) is 4.66. The van der Waals surface area contributed by atoms with E-state index in [0.29, 0.717) is 0 Å². The average Bonchev–Trinajstić information content (AvgIpc) is 2.50. The number of nitrogens with zero attached hydrogens (tertiary/aromatic N) is 1. The number of hydrogen-bond donors (Lipinski definition) is 1. The molecule has 0 heterocycles. The lowest BCUT2D eigenvalue weighted by atomic mass is 10.3. The van der Waals surface area contributed by atoms with Gasteiger partial charge in [0.15, 0.2) is 0 Å². The van der Waals surface area contributed by atoms with Crippen molar-refractivity contribution in [2.24, 2.45) is 5.16 Å². The standard InChI is InChI=1S/C15H11NO5/c17-14(20-11-7-3-1-4-8-11)13(16-19)15(18)21-12-9-5-2-6-10-12/h1-10,19H. The first-order valence-corrected chi connectivity index (χ1v) is 5.97. The van der Waals surface area contributed by atoms with Crippen LogP contribution in [0.25, 0.3) is 0 Å². The Hall–Kier alpha value is -3.15. The van der Waals surface area contributed by atoms with Crippen molar-refractivity contribution in [1.29, 1.82) is 0 Å². The van der Waals surface area contributed by atoms with E-state index in [2.05, 4.69) is 5.16 Å². The van der Waals surface area contributed by atoms with Gasteiger partial charge < -0.3 is 14.7 Å². The van der Waals surface area contributed by atoms with Gasteiger partial charge in [-0.25, -0.2) is 9.59 Å². The van der Waals surface area contributed by atoms with Gasteiger partial charge in [0.05, 0.1) is 0 Å². The fourth-order valence-electron chi connectivity index (χ4n) is 1.45. The first-order valence-electron chi connectivity index (χ1n) is 5.97. The number of carbonyl (C=O) groups is 2. The Morgan fingerprint density at radius 1 is 0.762 bits per heavy atom. The zero-order valence-corrected chi connectivity index (χ0v) is 10.8. The van der Waals surface area contributed by atoms with Crippen molar-refractivity contribution in [3.63, 3.8) is 0 Å². The number of esters is 2.